The van der Waals surface area contributed by atoms with Crippen LogP contribution in [0.3, 0.4) is 0 Å². The summed E-state index contributed by atoms with van der Waals surface area (Å²) in [7, 11) is -6.06. The Morgan fingerprint density at radius 3 is 0.536 bits per heavy atom. The Morgan fingerprint density at radius 2 is 0.362 bits per heavy atom. The van der Waals surface area contributed by atoms with Gasteiger partial charge in [0.2, 0.25) is 0 Å². The highest BCUT2D eigenvalue weighted by atomic mass is 28.3. The van der Waals surface area contributed by atoms with Crippen LogP contribution in [0, 0.1) is 0 Å². The van der Waals surface area contributed by atoms with Gasteiger partial charge in [-0.15, -0.1) is 0 Å². The first-order chi connectivity index (χ1) is 29.7. The van der Waals surface area contributed by atoms with Crippen LogP contribution >= 0.6 is 0 Å². The Morgan fingerprint density at radius 1 is 0.217 bits per heavy atom. The van der Waals surface area contributed by atoms with Crippen molar-refractivity contribution in [2.75, 3.05) is 0 Å². The van der Waals surface area contributed by atoms with E-state index >= 15 is 0 Å². The maximum Gasteiger partial charge on any atom is 0.460 e. The van der Waals surface area contributed by atoms with Crippen LogP contribution in [-0.4, -0.2) is 104 Å². The monoisotopic (exact) mass is 1140 g/mol. The first-order valence-corrected chi connectivity index (χ1v) is 27.1. The Bertz CT molecular complexity index is 1490. The summed E-state index contributed by atoms with van der Waals surface area (Å²) in [6.07, 6.45) is -25.5. The van der Waals surface area contributed by atoms with Crippen LogP contribution in [0.1, 0.15) is 102 Å². The van der Waals surface area contributed by atoms with Gasteiger partial charge in [0.25, 0.3) is 0 Å². The van der Waals surface area contributed by atoms with Gasteiger partial charge in [0.1, 0.15) is 0 Å². The molecule has 0 aliphatic heterocycles. The summed E-state index contributed by atoms with van der Waals surface area (Å²) in [5, 5.41) is 0. The van der Waals surface area contributed by atoms with Crippen molar-refractivity contribution < 1.29 is 127 Å². The fourth-order valence-corrected chi connectivity index (χ4v) is 17.9. The minimum Gasteiger partial charge on any atom is -0.200 e. The molecule has 0 rings (SSSR count). The molecule has 0 N–H and O–H groups in total. The smallest absolute Gasteiger partial charge is 0.200 e. The summed E-state index contributed by atoms with van der Waals surface area (Å²) in [6, 6.07) is -1.41. The molecule has 0 saturated carbocycles. The number of rotatable bonds is 22. The maximum absolute atomic E-state index is 13.7. The van der Waals surface area contributed by atoms with Gasteiger partial charge in [0.05, 0.1) is 0 Å². The molecule has 0 aliphatic rings. The van der Waals surface area contributed by atoms with Crippen LogP contribution in [-0.2, 0) is 0 Å². The zero-order valence-electron chi connectivity index (χ0n) is 38.9. The predicted octanol–water partition coefficient (Wildman–Crippen LogP) is 18.3. The summed E-state index contributed by atoms with van der Waals surface area (Å²) >= 11 is 0. The van der Waals surface area contributed by atoms with Crippen LogP contribution in [0.15, 0.2) is 0 Å². The van der Waals surface area contributed by atoms with Gasteiger partial charge < -0.3 is 0 Å². The quantitative estimate of drug-likeness (QED) is 0.0749. The average molecular weight is 1140 g/mol. The van der Waals surface area contributed by atoms with E-state index in [0.29, 0.717) is 0 Å². The molecule has 0 aromatic rings. The SMILES string of the molecule is CC(C)[SiH](CCC(F)(F)C(F)(F)C(F)(F)C(F)(F)C(F)(F)C(F)(F)F)C(C)C.CC(C)[SiH](CCC(F)(F)C(F)(F)C(F)(F)C(F)(F)F)C(C)C.CC(C)[SiH](CCC(F)(F)C(F)(F)C(F)(F)F)C(C)C. The van der Waals surface area contributed by atoms with Gasteiger partial charge in [-0.05, 0) is 0 Å². The van der Waals surface area contributed by atoms with Gasteiger partial charge in [0, 0.05) is 45.7 Å². The number of halogens is 29. The highest BCUT2D eigenvalue weighted by Crippen LogP contribution is 2.61. The molecule has 0 unspecified atom stereocenters. The predicted molar refractivity (Wildman–Crippen MR) is 208 cm³/mol. The fraction of sp³-hybridized carbons (Fsp3) is 1.00. The lowest BCUT2D eigenvalue weighted by Gasteiger charge is -2.40. The summed E-state index contributed by atoms with van der Waals surface area (Å²) in [6.45, 7) is 20.1. The first kappa shape index (κ1) is 71.9. The lowest BCUT2D eigenvalue weighted by Crippen LogP contribution is -2.70. The molecule has 0 aliphatic carbocycles. The third-order valence-corrected chi connectivity index (χ3v) is 24.7. The fourth-order valence-electron chi connectivity index (χ4n) is 7.24. The molecule has 420 valence electrons. The Balaban J connectivity index is -0.000000967. The normalized spacial score (nSPS) is 15.4. The minimum atomic E-state index is -7.82. The molecule has 0 heterocycles. The topological polar surface area (TPSA) is 0 Å². The zero-order chi connectivity index (χ0) is 56.9. The van der Waals surface area contributed by atoms with Crippen molar-refractivity contribution in [1.82, 2.24) is 0 Å². The van der Waals surface area contributed by atoms with Crippen LogP contribution in [0.4, 0.5) is 127 Å². The molecular weight excluding hydrogens is 1080 g/mol. The molecular formula is C37H57F29Si3. The first-order valence-electron chi connectivity index (χ1n) is 20.7. The highest BCUT2D eigenvalue weighted by molar-refractivity contribution is 6.62. The molecule has 0 bridgehead atoms. The second kappa shape index (κ2) is 23.9. The van der Waals surface area contributed by atoms with Crippen molar-refractivity contribution in [3.8, 4) is 0 Å². The van der Waals surface area contributed by atoms with E-state index in [0.717, 1.165) is 0 Å². The largest absolute Gasteiger partial charge is 0.460 e. The molecule has 0 amide bonds. The Hall–Kier alpha value is -1.38. The molecule has 0 aromatic heterocycles. The van der Waals surface area contributed by atoms with Gasteiger partial charge in [-0.1, -0.05) is 134 Å². The lowest BCUT2D eigenvalue weighted by atomic mass is 9.93. The lowest BCUT2D eigenvalue weighted by molar-refractivity contribution is -0.439. The molecule has 0 aromatic carbocycles. The summed E-state index contributed by atoms with van der Waals surface area (Å²) in [5.41, 5.74) is -0.521. The summed E-state index contributed by atoms with van der Waals surface area (Å²) in [5.74, 6) is -66.0. The van der Waals surface area contributed by atoms with Crippen LogP contribution in [0.2, 0.25) is 51.4 Å². The van der Waals surface area contributed by atoms with Crippen molar-refractivity contribution in [2.45, 2.75) is 231 Å². The van der Waals surface area contributed by atoms with Crippen molar-refractivity contribution in [3.63, 3.8) is 0 Å². The Kier molecular flexibility index (Phi) is 24.9. The number of hydrogen-bond acceptors (Lipinski definition) is 0. The van der Waals surface area contributed by atoms with Crippen molar-refractivity contribution in [3.05, 3.63) is 0 Å². The summed E-state index contributed by atoms with van der Waals surface area (Å²) < 4.78 is 371. The molecule has 0 saturated heterocycles. The molecule has 69 heavy (non-hydrogen) atoms. The molecule has 0 nitrogen and oxygen atoms in total. The average Bonchev–Trinajstić information content (AvgIpc) is 3.09. The van der Waals surface area contributed by atoms with E-state index in [2.05, 4.69) is 0 Å². The molecule has 0 radical (unpaired) electrons. The van der Waals surface area contributed by atoms with E-state index < -0.39 is 135 Å². The van der Waals surface area contributed by atoms with Crippen molar-refractivity contribution in [2.24, 2.45) is 0 Å². The summed E-state index contributed by atoms with van der Waals surface area (Å²) in [4.78, 5) is 0. The Labute approximate surface area is 385 Å². The van der Waals surface area contributed by atoms with E-state index in [9.17, 15) is 127 Å². The van der Waals surface area contributed by atoms with Crippen LogP contribution in [0.25, 0.3) is 0 Å². The van der Waals surface area contributed by atoms with E-state index in [1.165, 1.54) is 0 Å². The zero-order valence-corrected chi connectivity index (χ0v) is 42.4. The third-order valence-electron chi connectivity index (χ3n) is 11.5. The van der Waals surface area contributed by atoms with E-state index in [-0.39, 0.29) is 39.3 Å². The van der Waals surface area contributed by atoms with Crippen LogP contribution < -0.4 is 0 Å². The number of alkyl halides is 29. The highest BCUT2D eigenvalue weighted by Gasteiger charge is 2.90. The van der Waals surface area contributed by atoms with Gasteiger partial charge in [-0.3, -0.25) is 0 Å². The van der Waals surface area contributed by atoms with Gasteiger partial charge in [0.15, 0.2) is 0 Å². The molecule has 0 spiro atoms. The van der Waals surface area contributed by atoms with Crippen LogP contribution in [0.5, 0.6) is 0 Å². The minimum absolute atomic E-state index is 0.0625. The van der Waals surface area contributed by atoms with E-state index in [1.54, 1.807) is 83.1 Å². The van der Waals surface area contributed by atoms with E-state index in [4.69, 9.17) is 0 Å². The van der Waals surface area contributed by atoms with E-state index in [1.807, 2.05) is 0 Å². The molecule has 0 fully saturated rings. The van der Waals surface area contributed by atoms with Gasteiger partial charge in [-0.25, -0.2) is 0 Å². The standard InChI is InChI=1S/C14H19F13Si.C12H19F9Si.C11H19F7Si/c1-7(2)28(8(3)4)6-5-9(15,16)10(17,18)11(19,20)12(21,22)13(23,24)14(25,26)27;1-7(2)22(8(3)4)6-5-9(13,14)10(15,16)11(17,18)12(19,20)21;1-7(2)19(8(3)4)6-5-9(12,13)10(14,15)11(16,17)18/h7-8,28H,5-6H2,1-4H3;7-8,22H,5-6H2,1-4H3;7-8,19H,5-6H2,1-4H3. The maximum atomic E-state index is 13.7. The molecule has 32 heteroatoms. The second-order valence-corrected chi connectivity index (χ2v) is 32.4. The van der Waals surface area contributed by atoms with Gasteiger partial charge >= 0.3 is 77.8 Å². The molecule has 0 atom stereocenters. The second-order valence-electron chi connectivity index (χ2n) is 18.7. The van der Waals surface area contributed by atoms with Crippen molar-refractivity contribution >= 4 is 26.4 Å². The third kappa shape index (κ3) is 16.3. The van der Waals surface area contributed by atoms with Gasteiger partial charge in [-0.2, -0.15) is 127 Å². The number of hydrogen-bond donors (Lipinski definition) is 0. The van der Waals surface area contributed by atoms with Crippen molar-refractivity contribution in [1.29, 1.82) is 0 Å².